The number of aromatic nitrogens is 2. The van der Waals surface area contributed by atoms with Crippen molar-refractivity contribution in [3.63, 3.8) is 0 Å². The molecule has 0 aliphatic carbocycles. The number of H-pyrrole nitrogens is 1. The Morgan fingerprint density at radius 2 is 1.62 bits per heavy atom. The fraction of sp³-hybridized carbons (Fsp3) is 0. The van der Waals surface area contributed by atoms with E-state index in [1.54, 1.807) is 12.3 Å². The van der Waals surface area contributed by atoms with E-state index in [9.17, 15) is 0 Å². The predicted molar refractivity (Wildman–Crippen MR) is 111 cm³/mol. The molecule has 0 atom stereocenters. The normalized spacial score (nSPS) is 10.5. The highest BCUT2D eigenvalue weighted by molar-refractivity contribution is 9.10. The van der Waals surface area contributed by atoms with Crippen molar-refractivity contribution in [3.05, 3.63) is 79.4 Å². The van der Waals surface area contributed by atoms with Gasteiger partial charge in [0.15, 0.2) is 0 Å². The smallest absolute Gasteiger partial charge is 0.0717 e. The number of halogens is 3. The van der Waals surface area contributed by atoms with Gasteiger partial charge >= 0.3 is 0 Å². The van der Waals surface area contributed by atoms with Crippen molar-refractivity contribution in [2.75, 3.05) is 0 Å². The number of pyridine rings is 2. The van der Waals surface area contributed by atoms with Crippen LogP contribution in [0.2, 0.25) is 5.02 Å². The Labute approximate surface area is 166 Å². The van der Waals surface area contributed by atoms with Gasteiger partial charge in [-0.05, 0) is 48.5 Å². The molecule has 0 saturated heterocycles. The number of rotatable bonds is 0. The van der Waals surface area contributed by atoms with Gasteiger partial charge in [0.1, 0.15) is 0 Å². The highest BCUT2D eigenvalue weighted by atomic mass is 79.9. The molecule has 4 rings (SSSR count). The average molecular weight is 483 g/mol. The van der Waals surface area contributed by atoms with Crippen LogP contribution in [0.5, 0.6) is 0 Å². The van der Waals surface area contributed by atoms with E-state index in [0.717, 1.165) is 40.3 Å². The second kappa shape index (κ2) is 7.74. The Bertz CT molecular complexity index is 1080. The summed E-state index contributed by atoms with van der Waals surface area (Å²) in [6.45, 7) is 0. The van der Waals surface area contributed by atoms with Crippen LogP contribution < -0.4 is 0 Å². The zero-order valence-electron chi connectivity index (χ0n) is 12.3. The van der Waals surface area contributed by atoms with Gasteiger partial charge in [-0.15, -0.1) is 0 Å². The number of fused-ring (bicyclic) bond motifs is 2. The van der Waals surface area contributed by atoms with Crippen LogP contribution in [0.4, 0.5) is 0 Å². The van der Waals surface area contributed by atoms with Crippen LogP contribution in [0.15, 0.2) is 69.9 Å². The van der Waals surface area contributed by atoms with E-state index in [1.165, 1.54) is 0 Å². The van der Waals surface area contributed by atoms with E-state index in [-0.39, 0.29) is 0 Å². The molecular formula is C18H11Br2ClN2S. The summed E-state index contributed by atoms with van der Waals surface area (Å²) < 4.78 is 2.95. The Morgan fingerprint density at radius 3 is 2.42 bits per heavy atom. The van der Waals surface area contributed by atoms with Gasteiger partial charge in [0.2, 0.25) is 0 Å². The fourth-order valence-electron chi connectivity index (χ4n) is 2.23. The summed E-state index contributed by atoms with van der Waals surface area (Å²) in [5.74, 6) is 0. The molecule has 0 radical (unpaired) electrons. The first-order chi connectivity index (χ1) is 11.5. The minimum atomic E-state index is 0.737. The summed E-state index contributed by atoms with van der Waals surface area (Å²) in [5, 5.41) is 2.80. The van der Waals surface area contributed by atoms with Crippen LogP contribution in [0.25, 0.3) is 21.8 Å². The lowest BCUT2D eigenvalue weighted by atomic mass is 10.2. The predicted octanol–water partition coefficient (Wildman–Crippen LogP) is 7.31. The number of nitrogens with one attached hydrogen (secondary N) is 1. The Hall–Kier alpha value is -1.27. The molecule has 1 N–H and O–H groups in total. The molecule has 2 nitrogen and oxygen atoms in total. The zero-order valence-corrected chi connectivity index (χ0v) is 17.0. The van der Waals surface area contributed by atoms with Gasteiger partial charge in [-0.2, -0.15) is 0 Å². The summed E-state index contributed by atoms with van der Waals surface area (Å²) in [5.41, 5.74) is 2.00. The lowest BCUT2D eigenvalue weighted by molar-refractivity contribution is 1.40. The quantitative estimate of drug-likeness (QED) is 0.266. The van der Waals surface area contributed by atoms with Crippen molar-refractivity contribution in [3.8, 4) is 0 Å². The summed E-state index contributed by atoms with van der Waals surface area (Å²) in [6.07, 6.45) is 3.57. The Kier molecular flexibility index (Phi) is 5.66. The standard InChI is InChI=1S/C9H5BrClN.C9H6BrNS/c10-6-1-2-9-7(5-6)8(11)3-4-12-9;10-6-1-2-8-7(5-6)9(12)3-4-11-8/h1-5H;1-5H,(H,11,12). The number of hydrogen-bond donors (Lipinski definition) is 1. The summed E-state index contributed by atoms with van der Waals surface area (Å²) in [7, 11) is 0. The van der Waals surface area contributed by atoms with Crippen LogP contribution in [-0.2, 0) is 0 Å². The first-order valence-corrected chi connectivity index (χ1v) is 9.38. The molecule has 24 heavy (non-hydrogen) atoms. The van der Waals surface area contributed by atoms with Crippen molar-refractivity contribution in [2.45, 2.75) is 0 Å². The van der Waals surface area contributed by atoms with E-state index in [1.807, 2.05) is 48.7 Å². The van der Waals surface area contributed by atoms with Gasteiger partial charge in [-0.3, -0.25) is 4.98 Å². The summed E-state index contributed by atoms with van der Waals surface area (Å²) in [6, 6.07) is 15.6. The third-order valence-corrected chi connectivity index (χ3v) is 5.04. The van der Waals surface area contributed by atoms with Crippen LogP contribution in [0.1, 0.15) is 0 Å². The lowest BCUT2D eigenvalue weighted by Crippen LogP contribution is -1.78. The van der Waals surface area contributed by atoms with E-state index < -0.39 is 0 Å². The number of nitrogens with zero attached hydrogens (tertiary/aromatic N) is 1. The average Bonchev–Trinajstić information content (AvgIpc) is 2.57. The molecule has 0 bridgehead atoms. The maximum atomic E-state index is 5.97. The zero-order chi connectivity index (χ0) is 17.1. The first-order valence-electron chi connectivity index (χ1n) is 7.01. The second-order valence-electron chi connectivity index (χ2n) is 4.99. The maximum absolute atomic E-state index is 5.97. The summed E-state index contributed by atoms with van der Waals surface area (Å²) in [4.78, 5) is 7.31. The number of benzene rings is 2. The minimum absolute atomic E-state index is 0.737. The largest absolute Gasteiger partial charge is 0.361 e. The van der Waals surface area contributed by atoms with Crippen LogP contribution in [-0.4, -0.2) is 9.97 Å². The monoisotopic (exact) mass is 480 g/mol. The van der Waals surface area contributed by atoms with Crippen LogP contribution >= 0.6 is 55.7 Å². The molecule has 2 aromatic heterocycles. The molecule has 120 valence electrons. The van der Waals surface area contributed by atoms with Crippen LogP contribution in [0, 0.1) is 4.51 Å². The molecule has 2 heterocycles. The molecule has 6 heteroatoms. The molecule has 4 aromatic rings. The van der Waals surface area contributed by atoms with Crippen molar-refractivity contribution in [2.24, 2.45) is 0 Å². The topological polar surface area (TPSA) is 28.7 Å². The molecule has 0 fully saturated rings. The lowest BCUT2D eigenvalue weighted by Gasteiger charge is -1.98. The van der Waals surface area contributed by atoms with E-state index in [4.69, 9.17) is 23.8 Å². The van der Waals surface area contributed by atoms with E-state index in [2.05, 4.69) is 41.8 Å². The molecule has 0 amide bonds. The van der Waals surface area contributed by atoms with Gasteiger partial charge in [-0.25, -0.2) is 0 Å². The second-order valence-corrected chi connectivity index (χ2v) is 7.66. The fourth-order valence-corrected chi connectivity index (χ4v) is 3.39. The molecule has 0 saturated carbocycles. The van der Waals surface area contributed by atoms with Gasteiger partial charge in [-0.1, -0.05) is 55.7 Å². The number of aromatic amines is 1. The Morgan fingerprint density at radius 1 is 0.917 bits per heavy atom. The van der Waals surface area contributed by atoms with Gasteiger partial charge in [0.05, 0.1) is 10.5 Å². The van der Waals surface area contributed by atoms with Crippen LogP contribution in [0.3, 0.4) is 0 Å². The van der Waals surface area contributed by atoms with Crippen molar-refractivity contribution in [1.29, 1.82) is 0 Å². The molecule has 0 aliphatic heterocycles. The van der Waals surface area contributed by atoms with Gasteiger partial charge in [0.25, 0.3) is 0 Å². The van der Waals surface area contributed by atoms with Crippen molar-refractivity contribution >= 4 is 77.5 Å². The third kappa shape index (κ3) is 4.03. The minimum Gasteiger partial charge on any atom is -0.361 e. The van der Waals surface area contributed by atoms with E-state index in [0.29, 0.717) is 0 Å². The third-order valence-electron chi connectivity index (χ3n) is 3.37. The molecular weight excluding hydrogens is 472 g/mol. The Balaban J connectivity index is 0.000000141. The molecule has 0 aliphatic rings. The highest BCUT2D eigenvalue weighted by Crippen LogP contribution is 2.24. The first kappa shape index (κ1) is 17.5. The highest BCUT2D eigenvalue weighted by Gasteiger charge is 1.98. The number of hydrogen-bond acceptors (Lipinski definition) is 2. The van der Waals surface area contributed by atoms with Gasteiger partial charge in [0, 0.05) is 42.1 Å². The van der Waals surface area contributed by atoms with Crippen molar-refractivity contribution < 1.29 is 0 Å². The van der Waals surface area contributed by atoms with E-state index >= 15 is 0 Å². The molecule has 2 aromatic carbocycles. The molecule has 0 spiro atoms. The maximum Gasteiger partial charge on any atom is 0.0717 e. The summed E-state index contributed by atoms with van der Waals surface area (Å²) >= 11 is 17.9. The van der Waals surface area contributed by atoms with Gasteiger partial charge < -0.3 is 4.98 Å². The van der Waals surface area contributed by atoms with Crippen molar-refractivity contribution in [1.82, 2.24) is 9.97 Å². The molecule has 0 unspecified atom stereocenters. The SMILES string of the molecule is Clc1ccnc2ccc(Br)cc12.S=c1cc[nH]c2ccc(Br)cc12.